The smallest absolute Gasteiger partial charge is 0.0790 e. The third-order valence-corrected chi connectivity index (χ3v) is 3.31. The van der Waals surface area contributed by atoms with E-state index in [2.05, 4.69) is 11.4 Å². The van der Waals surface area contributed by atoms with Crippen molar-refractivity contribution >= 4 is 23.4 Å². The number of hydrogen-bond acceptors (Lipinski definition) is 2. The van der Waals surface area contributed by atoms with E-state index in [0.717, 1.165) is 11.6 Å². The highest BCUT2D eigenvalue weighted by molar-refractivity contribution is 7.99. The van der Waals surface area contributed by atoms with E-state index in [4.69, 9.17) is 11.6 Å². The lowest BCUT2D eigenvalue weighted by Gasteiger charge is -2.09. The summed E-state index contributed by atoms with van der Waals surface area (Å²) in [6.07, 6.45) is 0. The Bertz CT molecular complexity index is 271. The predicted octanol–water partition coefficient (Wildman–Crippen LogP) is 2.68. The zero-order valence-electron chi connectivity index (χ0n) is 6.59. The lowest BCUT2D eigenvalue weighted by Crippen LogP contribution is -2.11. The summed E-state index contributed by atoms with van der Waals surface area (Å²) in [4.78, 5) is 0. The van der Waals surface area contributed by atoms with E-state index in [1.165, 1.54) is 11.3 Å². The number of benzene rings is 1. The minimum atomic E-state index is 0.448. The molecule has 0 radical (unpaired) electrons. The molecule has 1 heterocycles. The van der Waals surface area contributed by atoms with E-state index in [0.29, 0.717) is 5.37 Å². The molecular formula is C9H10ClNS. The van der Waals surface area contributed by atoms with Crippen LogP contribution in [0.5, 0.6) is 0 Å². The van der Waals surface area contributed by atoms with Crippen molar-refractivity contribution in [2.45, 2.75) is 5.37 Å². The summed E-state index contributed by atoms with van der Waals surface area (Å²) in [6, 6.07) is 8.04. The molecule has 3 heteroatoms. The Morgan fingerprint density at radius 2 is 2.42 bits per heavy atom. The Balaban J connectivity index is 2.21. The van der Waals surface area contributed by atoms with Gasteiger partial charge < -0.3 is 5.32 Å². The van der Waals surface area contributed by atoms with Crippen LogP contribution in [0.25, 0.3) is 0 Å². The van der Waals surface area contributed by atoms with Gasteiger partial charge in [-0.3, -0.25) is 0 Å². The fourth-order valence-corrected chi connectivity index (χ4v) is 2.55. The summed E-state index contributed by atoms with van der Waals surface area (Å²) in [5.74, 6) is 1.19. The Labute approximate surface area is 81.5 Å². The van der Waals surface area contributed by atoms with E-state index in [-0.39, 0.29) is 0 Å². The quantitative estimate of drug-likeness (QED) is 0.747. The van der Waals surface area contributed by atoms with Gasteiger partial charge in [-0.05, 0) is 17.7 Å². The first-order valence-electron chi connectivity index (χ1n) is 3.97. The zero-order chi connectivity index (χ0) is 8.39. The predicted molar refractivity (Wildman–Crippen MR) is 54.7 cm³/mol. The van der Waals surface area contributed by atoms with Gasteiger partial charge in [-0.15, -0.1) is 11.8 Å². The largest absolute Gasteiger partial charge is 0.301 e. The van der Waals surface area contributed by atoms with Gasteiger partial charge in [0.25, 0.3) is 0 Å². The van der Waals surface area contributed by atoms with Gasteiger partial charge in [0.05, 0.1) is 5.37 Å². The number of halogens is 1. The van der Waals surface area contributed by atoms with Crippen LogP contribution >= 0.6 is 23.4 Å². The lowest BCUT2D eigenvalue weighted by atomic mass is 10.2. The second kappa shape index (κ2) is 3.69. The molecule has 64 valence electrons. The second-order valence-electron chi connectivity index (χ2n) is 2.76. The summed E-state index contributed by atoms with van der Waals surface area (Å²) in [6.45, 7) is 1.10. The molecule has 0 saturated carbocycles. The number of thioether (sulfide) groups is 1. The zero-order valence-corrected chi connectivity index (χ0v) is 8.16. The molecule has 1 fully saturated rings. The van der Waals surface area contributed by atoms with E-state index in [1.807, 2.05) is 30.0 Å². The van der Waals surface area contributed by atoms with Crippen molar-refractivity contribution in [3.8, 4) is 0 Å². The van der Waals surface area contributed by atoms with Crippen LogP contribution in [0.4, 0.5) is 0 Å². The van der Waals surface area contributed by atoms with Crippen molar-refractivity contribution in [2.24, 2.45) is 0 Å². The maximum absolute atomic E-state index is 5.89. The van der Waals surface area contributed by atoms with Gasteiger partial charge in [0, 0.05) is 17.3 Å². The highest BCUT2D eigenvalue weighted by Crippen LogP contribution is 2.30. The molecule has 2 rings (SSSR count). The SMILES string of the molecule is Clc1cccc([C@H]2NCCS2)c1. The molecular weight excluding hydrogens is 190 g/mol. The van der Waals surface area contributed by atoms with Crippen LogP contribution in [0.2, 0.25) is 5.02 Å². The molecule has 1 nitrogen and oxygen atoms in total. The summed E-state index contributed by atoms with van der Waals surface area (Å²) in [5.41, 5.74) is 1.28. The third kappa shape index (κ3) is 1.76. The van der Waals surface area contributed by atoms with E-state index >= 15 is 0 Å². The Kier molecular flexibility index (Phi) is 2.59. The standard InChI is InChI=1S/C9H10ClNS/c10-8-3-1-2-7(6-8)9-11-4-5-12-9/h1-3,6,9,11H,4-5H2/t9-/m0/s1. The van der Waals surface area contributed by atoms with E-state index < -0.39 is 0 Å². The molecule has 1 aromatic rings. The van der Waals surface area contributed by atoms with Crippen LogP contribution in [-0.4, -0.2) is 12.3 Å². The highest BCUT2D eigenvalue weighted by atomic mass is 35.5. The summed E-state index contributed by atoms with van der Waals surface area (Å²) in [5, 5.41) is 4.67. The van der Waals surface area contributed by atoms with Crippen molar-refractivity contribution in [1.29, 1.82) is 0 Å². The first-order valence-corrected chi connectivity index (χ1v) is 5.39. The first-order chi connectivity index (χ1) is 5.86. The molecule has 0 aliphatic carbocycles. The molecule has 0 aromatic heterocycles. The van der Waals surface area contributed by atoms with Crippen LogP contribution in [0.3, 0.4) is 0 Å². The van der Waals surface area contributed by atoms with Gasteiger partial charge in [-0.2, -0.15) is 0 Å². The maximum Gasteiger partial charge on any atom is 0.0790 e. The second-order valence-corrected chi connectivity index (χ2v) is 4.41. The molecule has 1 aliphatic rings. The number of nitrogens with one attached hydrogen (secondary N) is 1. The van der Waals surface area contributed by atoms with Gasteiger partial charge >= 0.3 is 0 Å². The van der Waals surface area contributed by atoms with Crippen molar-refractivity contribution in [1.82, 2.24) is 5.32 Å². The number of hydrogen-bond donors (Lipinski definition) is 1. The molecule has 0 spiro atoms. The molecule has 1 saturated heterocycles. The molecule has 12 heavy (non-hydrogen) atoms. The van der Waals surface area contributed by atoms with Crippen LogP contribution in [0, 0.1) is 0 Å². The molecule has 0 bridgehead atoms. The number of rotatable bonds is 1. The van der Waals surface area contributed by atoms with Crippen molar-refractivity contribution in [2.75, 3.05) is 12.3 Å². The normalized spacial score (nSPS) is 22.9. The Hall–Kier alpha value is -0.180. The van der Waals surface area contributed by atoms with Crippen molar-refractivity contribution in [3.05, 3.63) is 34.9 Å². The van der Waals surface area contributed by atoms with Gasteiger partial charge in [-0.1, -0.05) is 23.7 Å². The van der Waals surface area contributed by atoms with Crippen LogP contribution in [-0.2, 0) is 0 Å². The monoisotopic (exact) mass is 199 g/mol. The van der Waals surface area contributed by atoms with Gasteiger partial charge in [0.1, 0.15) is 0 Å². The molecule has 0 unspecified atom stereocenters. The average molecular weight is 200 g/mol. The topological polar surface area (TPSA) is 12.0 Å². The molecule has 1 N–H and O–H groups in total. The Morgan fingerprint density at radius 1 is 1.50 bits per heavy atom. The molecule has 1 aromatic carbocycles. The Morgan fingerprint density at radius 3 is 3.08 bits per heavy atom. The van der Waals surface area contributed by atoms with Gasteiger partial charge in [-0.25, -0.2) is 0 Å². The summed E-state index contributed by atoms with van der Waals surface area (Å²) in [7, 11) is 0. The van der Waals surface area contributed by atoms with Crippen molar-refractivity contribution < 1.29 is 0 Å². The molecule has 0 amide bonds. The maximum atomic E-state index is 5.89. The van der Waals surface area contributed by atoms with Gasteiger partial charge in [0.15, 0.2) is 0 Å². The molecule has 1 aliphatic heterocycles. The third-order valence-electron chi connectivity index (χ3n) is 1.87. The fraction of sp³-hybridized carbons (Fsp3) is 0.333. The highest BCUT2D eigenvalue weighted by Gasteiger charge is 2.16. The summed E-state index contributed by atoms with van der Waals surface area (Å²) < 4.78 is 0. The van der Waals surface area contributed by atoms with Crippen LogP contribution in [0.1, 0.15) is 10.9 Å². The fourth-order valence-electron chi connectivity index (χ4n) is 1.31. The molecule has 1 atom stereocenters. The van der Waals surface area contributed by atoms with Crippen LogP contribution < -0.4 is 5.32 Å². The lowest BCUT2D eigenvalue weighted by molar-refractivity contribution is 0.751. The summed E-state index contributed by atoms with van der Waals surface area (Å²) >= 11 is 7.82. The minimum Gasteiger partial charge on any atom is -0.301 e. The van der Waals surface area contributed by atoms with E-state index in [1.54, 1.807) is 0 Å². The van der Waals surface area contributed by atoms with E-state index in [9.17, 15) is 0 Å². The first kappa shape index (κ1) is 8.42. The van der Waals surface area contributed by atoms with Crippen molar-refractivity contribution in [3.63, 3.8) is 0 Å². The van der Waals surface area contributed by atoms with Gasteiger partial charge in [0.2, 0.25) is 0 Å². The van der Waals surface area contributed by atoms with Crippen LogP contribution in [0.15, 0.2) is 24.3 Å². The minimum absolute atomic E-state index is 0.448. The average Bonchev–Trinajstić information content (AvgIpc) is 2.56.